The van der Waals surface area contributed by atoms with Crippen LogP contribution >= 0.6 is 11.6 Å². The van der Waals surface area contributed by atoms with Crippen molar-refractivity contribution in [1.29, 1.82) is 0 Å². The molecule has 0 saturated heterocycles. The van der Waals surface area contributed by atoms with Crippen LogP contribution in [0, 0.1) is 6.92 Å². The summed E-state index contributed by atoms with van der Waals surface area (Å²) in [5, 5.41) is 12.6. The first-order chi connectivity index (χ1) is 8.99. The standard InChI is InChI=1S/C13H12ClN3O2/c1-7-3-2-4-9(12(7)14)17-10-6-16-11(15)5-8(10)13(18)19/h2-6,17H,1H3,(H2,15,16)(H,18,19). The van der Waals surface area contributed by atoms with Crippen LogP contribution in [0.15, 0.2) is 30.5 Å². The number of aromatic carboxylic acids is 1. The van der Waals surface area contributed by atoms with Gasteiger partial charge in [0, 0.05) is 0 Å². The Morgan fingerprint density at radius 2 is 2.16 bits per heavy atom. The maximum Gasteiger partial charge on any atom is 0.338 e. The van der Waals surface area contributed by atoms with Crippen molar-refractivity contribution in [2.24, 2.45) is 0 Å². The number of pyridine rings is 1. The summed E-state index contributed by atoms with van der Waals surface area (Å²) in [6, 6.07) is 6.76. The fraction of sp³-hybridized carbons (Fsp3) is 0.0769. The van der Waals surface area contributed by atoms with Gasteiger partial charge in [0.1, 0.15) is 5.82 Å². The number of aromatic nitrogens is 1. The van der Waals surface area contributed by atoms with E-state index in [9.17, 15) is 4.79 Å². The fourth-order valence-corrected chi connectivity index (χ4v) is 1.81. The Kier molecular flexibility index (Phi) is 3.57. The van der Waals surface area contributed by atoms with E-state index in [1.54, 1.807) is 6.07 Å². The van der Waals surface area contributed by atoms with Crippen molar-refractivity contribution in [1.82, 2.24) is 4.98 Å². The van der Waals surface area contributed by atoms with E-state index in [1.807, 2.05) is 19.1 Å². The highest BCUT2D eigenvalue weighted by Crippen LogP contribution is 2.29. The quantitative estimate of drug-likeness (QED) is 0.802. The third-order valence-corrected chi connectivity index (χ3v) is 3.12. The van der Waals surface area contributed by atoms with Crippen LogP contribution in [0.25, 0.3) is 0 Å². The van der Waals surface area contributed by atoms with E-state index in [0.29, 0.717) is 16.4 Å². The molecule has 0 aliphatic heterocycles. The highest BCUT2D eigenvalue weighted by molar-refractivity contribution is 6.34. The number of carboxylic acid groups (broad SMARTS) is 1. The normalized spacial score (nSPS) is 10.2. The Labute approximate surface area is 115 Å². The summed E-state index contributed by atoms with van der Waals surface area (Å²) in [7, 11) is 0. The summed E-state index contributed by atoms with van der Waals surface area (Å²) in [6.45, 7) is 1.87. The molecule has 0 bridgehead atoms. The van der Waals surface area contributed by atoms with Crippen LogP contribution in [0.2, 0.25) is 5.02 Å². The van der Waals surface area contributed by atoms with Crippen molar-refractivity contribution < 1.29 is 9.90 Å². The third-order valence-electron chi connectivity index (χ3n) is 2.62. The first-order valence-electron chi connectivity index (χ1n) is 5.50. The molecule has 0 radical (unpaired) electrons. The first-order valence-corrected chi connectivity index (χ1v) is 5.88. The number of carbonyl (C=O) groups is 1. The molecule has 1 aromatic carbocycles. The van der Waals surface area contributed by atoms with E-state index in [4.69, 9.17) is 22.4 Å². The van der Waals surface area contributed by atoms with E-state index in [0.717, 1.165) is 5.56 Å². The van der Waals surface area contributed by atoms with Gasteiger partial charge in [0.05, 0.1) is 28.2 Å². The summed E-state index contributed by atoms with van der Waals surface area (Å²) in [6.07, 6.45) is 1.37. The maximum absolute atomic E-state index is 11.2. The van der Waals surface area contributed by atoms with Crippen molar-refractivity contribution in [3.05, 3.63) is 46.6 Å². The molecule has 2 aromatic rings. The largest absolute Gasteiger partial charge is 0.478 e. The summed E-state index contributed by atoms with van der Waals surface area (Å²) < 4.78 is 0. The number of benzene rings is 1. The van der Waals surface area contributed by atoms with Crippen molar-refractivity contribution in [2.45, 2.75) is 6.92 Å². The number of nitrogens with one attached hydrogen (secondary N) is 1. The van der Waals surface area contributed by atoms with Crippen molar-refractivity contribution in [3.8, 4) is 0 Å². The molecule has 0 atom stereocenters. The van der Waals surface area contributed by atoms with Gasteiger partial charge in [0.2, 0.25) is 0 Å². The summed E-state index contributed by atoms with van der Waals surface area (Å²) >= 11 is 6.15. The molecule has 0 unspecified atom stereocenters. The highest BCUT2D eigenvalue weighted by Gasteiger charge is 2.13. The predicted molar refractivity (Wildman–Crippen MR) is 75.1 cm³/mol. The molecule has 0 aliphatic rings. The third kappa shape index (κ3) is 2.77. The fourth-order valence-electron chi connectivity index (χ4n) is 1.64. The Hall–Kier alpha value is -2.27. The number of hydrogen-bond donors (Lipinski definition) is 3. The van der Waals surface area contributed by atoms with Gasteiger partial charge in [-0.1, -0.05) is 23.7 Å². The molecule has 5 nitrogen and oxygen atoms in total. The first kappa shape index (κ1) is 13.2. The van der Waals surface area contributed by atoms with Crippen LogP contribution in [0.5, 0.6) is 0 Å². The lowest BCUT2D eigenvalue weighted by Gasteiger charge is -2.12. The Morgan fingerprint density at radius 3 is 2.84 bits per heavy atom. The zero-order valence-electron chi connectivity index (χ0n) is 10.1. The molecule has 0 fully saturated rings. The number of carboxylic acids is 1. The SMILES string of the molecule is Cc1cccc(Nc2cnc(N)cc2C(=O)O)c1Cl. The number of rotatable bonds is 3. The second-order valence-corrected chi connectivity index (χ2v) is 4.40. The number of aryl methyl sites for hydroxylation is 1. The Balaban J connectivity index is 2.44. The minimum atomic E-state index is -1.08. The zero-order chi connectivity index (χ0) is 14.0. The molecular formula is C13H12ClN3O2. The predicted octanol–water partition coefficient (Wildman–Crippen LogP) is 3.07. The van der Waals surface area contributed by atoms with Gasteiger partial charge in [0.15, 0.2) is 0 Å². The van der Waals surface area contributed by atoms with Crippen molar-refractivity contribution in [3.63, 3.8) is 0 Å². The van der Waals surface area contributed by atoms with E-state index in [2.05, 4.69) is 10.3 Å². The maximum atomic E-state index is 11.2. The van der Waals surface area contributed by atoms with Crippen molar-refractivity contribution in [2.75, 3.05) is 11.1 Å². The lowest BCUT2D eigenvalue weighted by Crippen LogP contribution is -2.05. The minimum absolute atomic E-state index is 0.0464. The number of anilines is 3. The molecule has 6 heteroatoms. The average molecular weight is 278 g/mol. The number of nitrogen functional groups attached to an aromatic ring is 1. The molecule has 0 aliphatic carbocycles. The highest BCUT2D eigenvalue weighted by atomic mass is 35.5. The molecule has 98 valence electrons. The van der Waals surface area contributed by atoms with Crippen LogP contribution in [0.3, 0.4) is 0 Å². The van der Waals surface area contributed by atoms with Gasteiger partial charge in [-0.2, -0.15) is 0 Å². The van der Waals surface area contributed by atoms with Gasteiger partial charge < -0.3 is 16.2 Å². The van der Waals surface area contributed by atoms with Crippen LogP contribution in [0.4, 0.5) is 17.2 Å². The number of nitrogens with two attached hydrogens (primary N) is 1. The van der Waals surface area contributed by atoms with Crippen molar-refractivity contribution >= 4 is 34.8 Å². The molecule has 19 heavy (non-hydrogen) atoms. The van der Waals surface area contributed by atoms with Gasteiger partial charge in [-0.15, -0.1) is 0 Å². The molecule has 4 N–H and O–H groups in total. The van der Waals surface area contributed by atoms with Gasteiger partial charge in [-0.25, -0.2) is 9.78 Å². The number of halogens is 1. The van der Waals surface area contributed by atoms with Gasteiger partial charge >= 0.3 is 5.97 Å². The molecule has 0 amide bonds. The minimum Gasteiger partial charge on any atom is -0.478 e. The Morgan fingerprint density at radius 1 is 1.42 bits per heavy atom. The molecule has 0 spiro atoms. The van der Waals surface area contributed by atoms with E-state index in [-0.39, 0.29) is 11.4 Å². The molecule has 2 rings (SSSR count). The van der Waals surface area contributed by atoms with Gasteiger partial charge in [0.25, 0.3) is 0 Å². The Bertz CT molecular complexity index is 644. The molecular weight excluding hydrogens is 266 g/mol. The summed E-state index contributed by atoms with van der Waals surface area (Å²) in [5.41, 5.74) is 7.39. The van der Waals surface area contributed by atoms with Crippen LogP contribution < -0.4 is 11.1 Å². The van der Waals surface area contributed by atoms with Crippen LogP contribution in [0.1, 0.15) is 15.9 Å². The van der Waals surface area contributed by atoms with Gasteiger partial charge in [-0.3, -0.25) is 0 Å². The van der Waals surface area contributed by atoms with Crippen LogP contribution in [-0.4, -0.2) is 16.1 Å². The van der Waals surface area contributed by atoms with Crippen LogP contribution in [-0.2, 0) is 0 Å². The van der Waals surface area contributed by atoms with E-state index < -0.39 is 5.97 Å². The van der Waals surface area contributed by atoms with E-state index in [1.165, 1.54) is 12.3 Å². The van der Waals surface area contributed by atoms with Gasteiger partial charge in [-0.05, 0) is 24.6 Å². The second-order valence-electron chi connectivity index (χ2n) is 4.02. The summed E-state index contributed by atoms with van der Waals surface area (Å²) in [5.74, 6) is -0.932. The molecule has 1 aromatic heterocycles. The molecule has 0 saturated carbocycles. The smallest absolute Gasteiger partial charge is 0.338 e. The number of hydrogen-bond acceptors (Lipinski definition) is 4. The second kappa shape index (κ2) is 5.16. The van der Waals surface area contributed by atoms with E-state index >= 15 is 0 Å². The topological polar surface area (TPSA) is 88.2 Å². The molecule has 1 heterocycles. The average Bonchev–Trinajstić information content (AvgIpc) is 2.36. The zero-order valence-corrected chi connectivity index (χ0v) is 10.9. The monoisotopic (exact) mass is 277 g/mol. The lowest BCUT2D eigenvalue weighted by atomic mass is 10.2. The number of nitrogens with zero attached hydrogens (tertiary/aromatic N) is 1. The lowest BCUT2D eigenvalue weighted by molar-refractivity contribution is 0.0698. The summed E-state index contributed by atoms with van der Waals surface area (Å²) in [4.78, 5) is 15.0.